The number of aromatic nitrogens is 2. The van der Waals surface area contributed by atoms with E-state index < -0.39 is 12.6 Å². The SMILES string of the molecule is Cc1ocnc1CNC(=O)Nc1ccc(OC(F)F)c2ncccc12. The number of carbonyl (C=O) groups excluding carboxylic acids is 1. The lowest BCUT2D eigenvalue weighted by atomic mass is 10.1. The van der Waals surface area contributed by atoms with Gasteiger partial charge in [0.15, 0.2) is 12.1 Å². The molecular weight excluding hydrogens is 334 g/mol. The molecule has 0 bridgehead atoms. The lowest BCUT2D eigenvalue weighted by molar-refractivity contribution is -0.0489. The molecule has 0 aliphatic carbocycles. The molecule has 3 rings (SSSR count). The number of benzene rings is 1. The molecule has 0 aliphatic rings. The summed E-state index contributed by atoms with van der Waals surface area (Å²) in [5.74, 6) is 0.554. The summed E-state index contributed by atoms with van der Waals surface area (Å²) in [5.41, 5.74) is 1.26. The first-order valence-corrected chi connectivity index (χ1v) is 7.31. The molecule has 2 heterocycles. The van der Waals surface area contributed by atoms with E-state index in [0.717, 1.165) is 0 Å². The number of amides is 2. The first-order valence-electron chi connectivity index (χ1n) is 7.31. The van der Waals surface area contributed by atoms with E-state index in [0.29, 0.717) is 22.5 Å². The van der Waals surface area contributed by atoms with Gasteiger partial charge in [-0.1, -0.05) is 0 Å². The molecule has 0 unspecified atom stereocenters. The van der Waals surface area contributed by atoms with Gasteiger partial charge in [0.2, 0.25) is 0 Å². The van der Waals surface area contributed by atoms with Crippen LogP contribution in [-0.2, 0) is 6.54 Å². The standard InChI is InChI=1S/C16H14F2N4O3/c1-9-12(21-8-24-9)7-20-16(23)22-11-4-5-13(25-15(17)18)14-10(11)3-2-6-19-14/h2-6,8,15H,7H2,1H3,(H2,20,22,23). The lowest BCUT2D eigenvalue weighted by Gasteiger charge is -2.12. The van der Waals surface area contributed by atoms with Crippen molar-refractivity contribution >= 4 is 22.6 Å². The largest absolute Gasteiger partial charge is 0.448 e. The van der Waals surface area contributed by atoms with Crippen LogP contribution in [0.1, 0.15) is 11.5 Å². The molecule has 7 nitrogen and oxygen atoms in total. The summed E-state index contributed by atoms with van der Waals surface area (Å²) >= 11 is 0. The highest BCUT2D eigenvalue weighted by molar-refractivity contribution is 6.02. The Bertz CT molecular complexity index is 898. The highest BCUT2D eigenvalue weighted by atomic mass is 19.3. The molecule has 0 radical (unpaired) electrons. The van der Waals surface area contributed by atoms with Crippen LogP contribution in [0.15, 0.2) is 41.3 Å². The van der Waals surface area contributed by atoms with Crippen LogP contribution in [0.3, 0.4) is 0 Å². The van der Waals surface area contributed by atoms with Crippen LogP contribution < -0.4 is 15.4 Å². The first-order chi connectivity index (χ1) is 12.0. The summed E-state index contributed by atoms with van der Waals surface area (Å²) in [6.07, 6.45) is 2.75. The number of urea groups is 1. The maximum Gasteiger partial charge on any atom is 0.387 e. The normalized spacial score (nSPS) is 10.9. The van der Waals surface area contributed by atoms with Gasteiger partial charge in [-0.2, -0.15) is 8.78 Å². The van der Waals surface area contributed by atoms with Gasteiger partial charge in [0.1, 0.15) is 17.0 Å². The molecule has 3 aromatic rings. The number of aryl methyl sites for hydroxylation is 1. The van der Waals surface area contributed by atoms with E-state index in [1.165, 1.54) is 24.7 Å². The molecule has 0 saturated carbocycles. The third-order valence-corrected chi connectivity index (χ3v) is 3.46. The Balaban J connectivity index is 1.77. The fourth-order valence-corrected chi connectivity index (χ4v) is 2.28. The number of nitrogens with one attached hydrogen (secondary N) is 2. The Morgan fingerprint density at radius 3 is 2.88 bits per heavy atom. The number of pyridine rings is 1. The van der Waals surface area contributed by atoms with Crippen LogP contribution in [-0.4, -0.2) is 22.6 Å². The molecule has 1 aromatic carbocycles. The summed E-state index contributed by atoms with van der Waals surface area (Å²) in [5, 5.41) is 5.78. The molecule has 0 saturated heterocycles. The van der Waals surface area contributed by atoms with Crippen LogP contribution in [0, 0.1) is 6.92 Å². The summed E-state index contributed by atoms with van der Waals surface area (Å²) in [6, 6.07) is 5.62. The van der Waals surface area contributed by atoms with Gasteiger partial charge in [-0.05, 0) is 31.2 Å². The van der Waals surface area contributed by atoms with E-state index >= 15 is 0 Å². The Morgan fingerprint density at radius 1 is 1.32 bits per heavy atom. The molecule has 0 atom stereocenters. The lowest BCUT2D eigenvalue weighted by Crippen LogP contribution is -2.28. The van der Waals surface area contributed by atoms with Crippen molar-refractivity contribution < 1.29 is 22.7 Å². The minimum Gasteiger partial charge on any atom is -0.448 e. The zero-order valence-corrected chi connectivity index (χ0v) is 13.1. The van der Waals surface area contributed by atoms with Crippen LogP contribution in [0.2, 0.25) is 0 Å². The van der Waals surface area contributed by atoms with Gasteiger partial charge in [0.25, 0.3) is 0 Å². The maximum absolute atomic E-state index is 12.5. The molecule has 2 N–H and O–H groups in total. The van der Waals surface area contributed by atoms with Crippen molar-refractivity contribution in [1.29, 1.82) is 0 Å². The molecule has 2 amide bonds. The fourth-order valence-electron chi connectivity index (χ4n) is 2.28. The summed E-state index contributed by atoms with van der Waals surface area (Å²) in [6.45, 7) is -1.03. The van der Waals surface area contributed by atoms with Crippen LogP contribution >= 0.6 is 0 Å². The second-order valence-corrected chi connectivity index (χ2v) is 5.05. The van der Waals surface area contributed by atoms with Crippen molar-refractivity contribution in [3.8, 4) is 5.75 Å². The Morgan fingerprint density at radius 2 is 2.16 bits per heavy atom. The summed E-state index contributed by atoms with van der Waals surface area (Å²) < 4.78 is 34.5. The van der Waals surface area contributed by atoms with Gasteiger partial charge in [-0.25, -0.2) is 9.78 Å². The van der Waals surface area contributed by atoms with E-state index in [1.54, 1.807) is 19.1 Å². The van der Waals surface area contributed by atoms with Crippen molar-refractivity contribution in [3.63, 3.8) is 0 Å². The van der Waals surface area contributed by atoms with E-state index in [2.05, 4.69) is 25.3 Å². The zero-order chi connectivity index (χ0) is 17.8. The predicted octanol–water partition coefficient (Wildman–Crippen LogP) is 3.45. The monoisotopic (exact) mass is 348 g/mol. The van der Waals surface area contributed by atoms with Crippen LogP contribution in [0.25, 0.3) is 10.9 Å². The highest BCUT2D eigenvalue weighted by Gasteiger charge is 2.14. The van der Waals surface area contributed by atoms with Crippen LogP contribution in [0.4, 0.5) is 19.3 Å². The molecule has 25 heavy (non-hydrogen) atoms. The number of hydrogen-bond donors (Lipinski definition) is 2. The summed E-state index contributed by atoms with van der Waals surface area (Å²) in [4.78, 5) is 20.1. The molecule has 2 aromatic heterocycles. The van der Waals surface area contributed by atoms with Gasteiger partial charge in [-0.3, -0.25) is 4.98 Å². The van der Waals surface area contributed by atoms with E-state index in [9.17, 15) is 13.6 Å². The third kappa shape index (κ3) is 3.82. The quantitative estimate of drug-likeness (QED) is 0.737. The highest BCUT2D eigenvalue weighted by Crippen LogP contribution is 2.30. The second kappa shape index (κ2) is 7.12. The minimum absolute atomic E-state index is 0.0604. The first kappa shape index (κ1) is 16.6. The molecule has 130 valence electrons. The molecule has 0 fully saturated rings. The third-order valence-electron chi connectivity index (χ3n) is 3.46. The van der Waals surface area contributed by atoms with Crippen molar-refractivity contribution in [2.75, 3.05) is 5.32 Å². The Kier molecular flexibility index (Phi) is 4.73. The van der Waals surface area contributed by atoms with Gasteiger partial charge < -0.3 is 19.8 Å². The predicted molar refractivity (Wildman–Crippen MR) is 85.5 cm³/mol. The van der Waals surface area contributed by atoms with Crippen molar-refractivity contribution in [2.24, 2.45) is 0 Å². The number of nitrogens with zero attached hydrogens (tertiary/aromatic N) is 2. The molecular formula is C16H14F2N4O3. The van der Waals surface area contributed by atoms with Crippen molar-refractivity contribution in [3.05, 3.63) is 48.3 Å². The number of halogens is 2. The second-order valence-electron chi connectivity index (χ2n) is 5.05. The number of fused-ring (bicyclic) bond motifs is 1. The number of oxazole rings is 1. The average Bonchev–Trinajstić information content (AvgIpc) is 3.00. The number of anilines is 1. The number of carbonyl (C=O) groups is 1. The fraction of sp³-hybridized carbons (Fsp3) is 0.188. The zero-order valence-electron chi connectivity index (χ0n) is 13.1. The van der Waals surface area contributed by atoms with Crippen molar-refractivity contribution in [1.82, 2.24) is 15.3 Å². The average molecular weight is 348 g/mol. The van der Waals surface area contributed by atoms with E-state index in [4.69, 9.17) is 4.42 Å². The molecule has 9 heteroatoms. The number of rotatable bonds is 5. The molecule has 0 aliphatic heterocycles. The molecule has 0 spiro atoms. The van der Waals surface area contributed by atoms with E-state index in [1.807, 2.05) is 0 Å². The van der Waals surface area contributed by atoms with Crippen molar-refractivity contribution in [2.45, 2.75) is 20.1 Å². The number of hydrogen-bond acceptors (Lipinski definition) is 5. The van der Waals surface area contributed by atoms with E-state index in [-0.39, 0.29) is 17.8 Å². The van der Waals surface area contributed by atoms with Crippen LogP contribution in [0.5, 0.6) is 5.75 Å². The Labute approximate surface area is 141 Å². The van der Waals surface area contributed by atoms with Gasteiger partial charge in [0, 0.05) is 11.6 Å². The topological polar surface area (TPSA) is 89.3 Å². The van der Waals surface area contributed by atoms with Gasteiger partial charge in [-0.15, -0.1) is 0 Å². The number of ether oxygens (including phenoxy) is 1. The minimum atomic E-state index is -2.96. The number of alkyl halides is 2. The Hall–Kier alpha value is -3.23. The maximum atomic E-state index is 12.5. The van der Waals surface area contributed by atoms with Gasteiger partial charge >= 0.3 is 12.6 Å². The summed E-state index contributed by atoms with van der Waals surface area (Å²) in [7, 11) is 0. The van der Waals surface area contributed by atoms with Gasteiger partial charge in [0.05, 0.1) is 12.2 Å². The smallest absolute Gasteiger partial charge is 0.387 e.